The molecule has 0 bridgehead atoms. The summed E-state index contributed by atoms with van der Waals surface area (Å²) < 4.78 is 5.74. The molecule has 0 spiro atoms. The molecule has 0 amide bonds. The van der Waals surface area contributed by atoms with Crippen LogP contribution in [-0.4, -0.2) is 15.4 Å². The Morgan fingerprint density at radius 2 is 1.93 bits per heavy atom. The maximum Gasteiger partial charge on any atom is 0.270 e. The molecule has 0 fully saturated rings. The first-order valence-electron chi connectivity index (χ1n) is 4.68. The number of benzene rings is 1. The highest BCUT2D eigenvalue weighted by Gasteiger charge is 2.11. The van der Waals surface area contributed by atoms with E-state index in [1.807, 2.05) is 18.2 Å². The van der Waals surface area contributed by atoms with Crippen LogP contribution in [0.25, 0.3) is 6.08 Å². The van der Waals surface area contributed by atoms with E-state index in [0.29, 0.717) is 9.76 Å². The van der Waals surface area contributed by atoms with Crippen LogP contribution in [0.3, 0.4) is 0 Å². The molecular weight excluding hydrogens is 188 g/mol. The standard InChI is InChI=1S/C12H16OSi/c1-5-10-8-6-7-9-11(10)14-13-12(2,3)4/h5-9H,1H2,2-4H3. The van der Waals surface area contributed by atoms with Gasteiger partial charge >= 0.3 is 0 Å². The summed E-state index contributed by atoms with van der Waals surface area (Å²) in [6.45, 7) is 9.98. The summed E-state index contributed by atoms with van der Waals surface area (Å²) in [5.41, 5.74) is 1.09. The highest BCUT2D eigenvalue weighted by molar-refractivity contribution is 6.48. The third kappa shape index (κ3) is 3.48. The van der Waals surface area contributed by atoms with Crippen LogP contribution in [0.5, 0.6) is 0 Å². The molecule has 0 N–H and O–H groups in total. The van der Waals surface area contributed by atoms with Crippen molar-refractivity contribution in [1.82, 2.24) is 0 Å². The van der Waals surface area contributed by atoms with Crippen molar-refractivity contribution in [2.45, 2.75) is 26.4 Å². The van der Waals surface area contributed by atoms with Gasteiger partial charge in [-0.3, -0.25) is 0 Å². The van der Waals surface area contributed by atoms with Gasteiger partial charge in [-0.2, -0.15) is 0 Å². The van der Waals surface area contributed by atoms with Gasteiger partial charge in [0.25, 0.3) is 9.76 Å². The summed E-state index contributed by atoms with van der Waals surface area (Å²) in [6.07, 6.45) is 1.87. The zero-order valence-electron chi connectivity index (χ0n) is 9.00. The first kappa shape index (κ1) is 11.2. The second-order valence-corrected chi connectivity index (χ2v) is 5.05. The van der Waals surface area contributed by atoms with Crippen LogP contribution < -0.4 is 5.19 Å². The van der Waals surface area contributed by atoms with Gasteiger partial charge in [-0.05, 0) is 31.5 Å². The van der Waals surface area contributed by atoms with Crippen LogP contribution in [0, 0.1) is 0 Å². The molecule has 1 aromatic carbocycles. The van der Waals surface area contributed by atoms with Gasteiger partial charge < -0.3 is 4.43 Å². The van der Waals surface area contributed by atoms with Crippen LogP contribution in [0.1, 0.15) is 26.3 Å². The minimum atomic E-state index is -0.0767. The Balaban J connectivity index is 2.71. The molecule has 0 aliphatic carbocycles. The van der Waals surface area contributed by atoms with E-state index in [1.165, 1.54) is 5.19 Å². The number of hydrogen-bond donors (Lipinski definition) is 0. The van der Waals surface area contributed by atoms with Crippen molar-refractivity contribution in [1.29, 1.82) is 0 Å². The quantitative estimate of drug-likeness (QED) is 0.687. The average molecular weight is 204 g/mol. The summed E-state index contributed by atoms with van der Waals surface area (Å²) in [6, 6.07) is 8.19. The lowest BCUT2D eigenvalue weighted by molar-refractivity contribution is 0.142. The molecule has 14 heavy (non-hydrogen) atoms. The van der Waals surface area contributed by atoms with Crippen LogP contribution in [0.15, 0.2) is 30.8 Å². The zero-order valence-corrected chi connectivity index (χ0v) is 10.0. The van der Waals surface area contributed by atoms with Gasteiger partial charge in [0.05, 0.1) is 0 Å². The second-order valence-electron chi connectivity index (χ2n) is 4.11. The SMILES string of the molecule is C=Cc1ccccc1[Si]OC(C)(C)C. The molecule has 2 radical (unpaired) electrons. The molecule has 1 aromatic rings. The van der Waals surface area contributed by atoms with Crippen LogP contribution in [-0.2, 0) is 4.43 Å². The molecule has 0 aromatic heterocycles. The van der Waals surface area contributed by atoms with Crippen molar-refractivity contribution in [3.63, 3.8) is 0 Å². The molecule has 0 unspecified atom stereocenters. The Hall–Kier alpha value is -0.863. The lowest BCUT2D eigenvalue weighted by Crippen LogP contribution is -2.29. The first-order chi connectivity index (χ1) is 6.53. The fourth-order valence-corrected chi connectivity index (χ4v) is 1.86. The molecule has 0 atom stereocenters. The Morgan fingerprint density at radius 3 is 2.50 bits per heavy atom. The topological polar surface area (TPSA) is 9.23 Å². The van der Waals surface area contributed by atoms with Crippen molar-refractivity contribution in [2.75, 3.05) is 0 Å². The van der Waals surface area contributed by atoms with Crippen molar-refractivity contribution < 1.29 is 4.43 Å². The second kappa shape index (κ2) is 4.58. The van der Waals surface area contributed by atoms with Gasteiger partial charge in [0.1, 0.15) is 0 Å². The summed E-state index contributed by atoms with van der Waals surface area (Å²) >= 11 is 0. The number of rotatable bonds is 3. The van der Waals surface area contributed by atoms with E-state index in [0.717, 1.165) is 5.56 Å². The van der Waals surface area contributed by atoms with Gasteiger partial charge in [0, 0.05) is 5.60 Å². The van der Waals surface area contributed by atoms with Gasteiger partial charge in [0.15, 0.2) is 0 Å². The highest BCUT2D eigenvalue weighted by Crippen LogP contribution is 2.06. The molecule has 2 heteroatoms. The Morgan fingerprint density at radius 1 is 1.29 bits per heavy atom. The fourth-order valence-electron chi connectivity index (χ4n) is 0.976. The largest absolute Gasteiger partial charge is 0.407 e. The third-order valence-electron chi connectivity index (χ3n) is 1.65. The third-order valence-corrected chi connectivity index (χ3v) is 3.04. The smallest absolute Gasteiger partial charge is 0.270 e. The van der Waals surface area contributed by atoms with E-state index in [4.69, 9.17) is 4.43 Å². The average Bonchev–Trinajstić information content (AvgIpc) is 2.14. The van der Waals surface area contributed by atoms with Crippen LogP contribution in [0.2, 0.25) is 0 Å². The van der Waals surface area contributed by atoms with Crippen molar-refractivity contribution >= 4 is 21.0 Å². The van der Waals surface area contributed by atoms with Gasteiger partial charge in [-0.25, -0.2) is 0 Å². The van der Waals surface area contributed by atoms with E-state index in [1.54, 1.807) is 0 Å². The van der Waals surface area contributed by atoms with E-state index in [9.17, 15) is 0 Å². The van der Waals surface area contributed by atoms with Gasteiger partial charge in [-0.15, -0.1) is 0 Å². The summed E-state index contributed by atoms with van der Waals surface area (Å²) in [7, 11) is 0.390. The normalized spacial score (nSPS) is 11.4. The summed E-state index contributed by atoms with van der Waals surface area (Å²) in [4.78, 5) is 0. The summed E-state index contributed by atoms with van der Waals surface area (Å²) in [5.74, 6) is 0. The Kier molecular flexibility index (Phi) is 3.67. The fraction of sp³-hybridized carbons (Fsp3) is 0.333. The molecule has 0 heterocycles. The molecule has 74 valence electrons. The minimum Gasteiger partial charge on any atom is -0.407 e. The van der Waals surface area contributed by atoms with E-state index in [-0.39, 0.29) is 5.60 Å². The van der Waals surface area contributed by atoms with E-state index >= 15 is 0 Å². The zero-order chi connectivity index (χ0) is 10.6. The molecule has 0 aliphatic rings. The predicted octanol–water partition coefficient (Wildman–Crippen LogP) is 2.39. The molecular formula is C12H16OSi. The molecule has 0 saturated carbocycles. The molecule has 0 aliphatic heterocycles. The van der Waals surface area contributed by atoms with E-state index in [2.05, 4.69) is 39.5 Å². The molecule has 0 saturated heterocycles. The minimum absolute atomic E-state index is 0.0767. The van der Waals surface area contributed by atoms with E-state index < -0.39 is 0 Å². The van der Waals surface area contributed by atoms with Crippen molar-refractivity contribution in [2.24, 2.45) is 0 Å². The maximum atomic E-state index is 5.74. The lowest BCUT2D eigenvalue weighted by Gasteiger charge is -2.19. The first-order valence-corrected chi connectivity index (χ1v) is 5.59. The predicted molar refractivity (Wildman–Crippen MR) is 62.8 cm³/mol. The summed E-state index contributed by atoms with van der Waals surface area (Å²) in [5, 5.41) is 1.22. The van der Waals surface area contributed by atoms with Crippen molar-refractivity contribution in [3.8, 4) is 0 Å². The lowest BCUT2D eigenvalue weighted by atomic mass is 10.2. The maximum absolute atomic E-state index is 5.74. The Bertz CT molecular complexity index is 312. The Labute approximate surface area is 88.7 Å². The molecule has 1 nitrogen and oxygen atoms in total. The molecule has 1 rings (SSSR count). The highest BCUT2D eigenvalue weighted by atomic mass is 28.2. The van der Waals surface area contributed by atoms with Crippen LogP contribution in [0.4, 0.5) is 0 Å². The number of hydrogen-bond acceptors (Lipinski definition) is 1. The monoisotopic (exact) mass is 204 g/mol. The van der Waals surface area contributed by atoms with Crippen molar-refractivity contribution in [3.05, 3.63) is 36.4 Å². The van der Waals surface area contributed by atoms with Crippen LogP contribution >= 0.6 is 0 Å². The van der Waals surface area contributed by atoms with Gasteiger partial charge in [-0.1, -0.05) is 36.9 Å². The van der Waals surface area contributed by atoms with Gasteiger partial charge in [0.2, 0.25) is 0 Å².